The molecule has 3 aromatic carbocycles. The highest BCUT2D eigenvalue weighted by molar-refractivity contribution is 6.30. The van der Waals surface area contributed by atoms with Crippen LogP contribution in [0.15, 0.2) is 72.8 Å². The smallest absolute Gasteiger partial charge is 0.257 e. The third-order valence-corrected chi connectivity index (χ3v) is 5.97. The number of amides is 1. The Hall–Kier alpha value is -3.51. The fraction of sp³-hybridized carbons (Fsp3) is 0.286. The topological polar surface area (TPSA) is 65.4 Å². The van der Waals surface area contributed by atoms with Crippen molar-refractivity contribution in [2.24, 2.45) is 0 Å². The molecule has 182 valence electrons. The predicted molar refractivity (Wildman–Crippen MR) is 139 cm³/mol. The van der Waals surface area contributed by atoms with Gasteiger partial charge in [-0.3, -0.25) is 4.79 Å². The van der Waals surface area contributed by atoms with Gasteiger partial charge in [-0.1, -0.05) is 42.8 Å². The van der Waals surface area contributed by atoms with E-state index in [2.05, 4.69) is 35.0 Å². The Kier molecular flexibility index (Phi) is 8.63. The van der Waals surface area contributed by atoms with Crippen LogP contribution in [0.5, 0.6) is 11.5 Å². The molecule has 1 heterocycles. The van der Waals surface area contributed by atoms with Crippen molar-refractivity contribution >= 4 is 28.5 Å². The second-order valence-corrected chi connectivity index (χ2v) is 8.65. The first-order chi connectivity index (χ1) is 17.1. The summed E-state index contributed by atoms with van der Waals surface area (Å²) in [7, 11) is 0. The molecule has 0 bridgehead atoms. The van der Waals surface area contributed by atoms with Crippen molar-refractivity contribution < 1.29 is 14.3 Å². The van der Waals surface area contributed by atoms with E-state index in [0.717, 1.165) is 42.0 Å². The maximum atomic E-state index is 12.2. The number of para-hydroxylation sites is 2. The summed E-state index contributed by atoms with van der Waals surface area (Å²) in [6, 6.07) is 23.3. The quantitative estimate of drug-likeness (QED) is 0.267. The molecule has 1 N–H and O–H groups in total. The zero-order chi connectivity index (χ0) is 24.5. The molecular formula is C28H30ClN3O3. The molecular weight excluding hydrogens is 462 g/mol. The molecule has 6 nitrogen and oxygen atoms in total. The third kappa shape index (κ3) is 6.99. The molecule has 0 aliphatic heterocycles. The lowest BCUT2D eigenvalue weighted by molar-refractivity contribution is -0.123. The number of aromatic nitrogens is 2. The molecule has 0 saturated carbocycles. The number of hydrogen-bond acceptors (Lipinski definition) is 4. The Labute approximate surface area is 210 Å². The fourth-order valence-corrected chi connectivity index (χ4v) is 3.97. The van der Waals surface area contributed by atoms with Crippen molar-refractivity contribution in [3.63, 3.8) is 0 Å². The molecule has 1 amide bonds. The first-order valence-electron chi connectivity index (χ1n) is 11.9. The lowest BCUT2D eigenvalue weighted by Gasteiger charge is -2.11. The second kappa shape index (κ2) is 12.3. The predicted octanol–water partition coefficient (Wildman–Crippen LogP) is 5.46. The Balaban J connectivity index is 1.28. The van der Waals surface area contributed by atoms with Crippen LogP contribution in [0.3, 0.4) is 0 Å². The lowest BCUT2D eigenvalue weighted by Crippen LogP contribution is -2.31. The van der Waals surface area contributed by atoms with Gasteiger partial charge in [-0.05, 0) is 66.9 Å². The number of aryl methyl sites for hydroxylation is 2. The number of halogens is 1. The Morgan fingerprint density at radius 2 is 1.69 bits per heavy atom. The van der Waals surface area contributed by atoms with Crippen molar-refractivity contribution in [3.05, 3.63) is 89.2 Å². The average molecular weight is 492 g/mol. The number of rotatable bonds is 12. The number of nitrogens with one attached hydrogen (secondary N) is 1. The number of benzene rings is 3. The summed E-state index contributed by atoms with van der Waals surface area (Å²) in [5.41, 5.74) is 3.35. The van der Waals surface area contributed by atoms with E-state index < -0.39 is 0 Å². The van der Waals surface area contributed by atoms with E-state index in [1.807, 2.05) is 30.3 Å². The molecule has 4 aromatic rings. The van der Waals surface area contributed by atoms with Gasteiger partial charge in [0.15, 0.2) is 6.61 Å². The monoisotopic (exact) mass is 491 g/mol. The van der Waals surface area contributed by atoms with Crippen LogP contribution in [0, 0.1) is 0 Å². The van der Waals surface area contributed by atoms with Crippen LogP contribution >= 0.6 is 11.6 Å². The van der Waals surface area contributed by atoms with Crippen LogP contribution in [0.1, 0.15) is 24.7 Å². The van der Waals surface area contributed by atoms with Gasteiger partial charge in [-0.15, -0.1) is 0 Å². The van der Waals surface area contributed by atoms with Crippen molar-refractivity contribution in [1.29, 1.82) is 0 Å². The number of hydrogen-bond donors (Lipinski definition) is 1. The molecule has 1 aromatic heterocycles. The number of fused-ring (bicyclic) bond motifs is 1. The Morgan fingerprint density at radius 1 is 0.971 bits per heavy atom. The summed E-state index contributed by atoms with van der Waals surface area (Å²) < 4.78 is 13.7. The lowest BCUT2D eigenvalue weighted by atomic mass is 10.2. The number of imidazole rings is 1. The van der Waals surface area contributed by atoms with E-state index in [0.29, 0.717) is 30.3 Å². The molecule has 0 aliphatic rings. The van der Waals surface area contributed by atoms with Crippen LogP contribution in [-0.4, -0.2) is 35.2 Å². The zero-order valence-corrected chi connectivity index (χ0v) is 20.6. The van der Waals surface area contributed by atoms with Crippen molar-refractivity contribution in [1.82, 2.24) is 14.9 Å². The molecule has 4 rings (SSSR count). The molecule has 0 saturated heterocycles. The summed E-state index contributed by atoms with van der Waals surface area (Å²) in [5.74, 6) is 2.26. The van der Waals surface area contributed by atoms with Gasteiger partial charge in [0.25, 0.3) is 5.91 Å². The van der Waals surface area contributed by atoms with E-state index in [-0.39, 0.29) is 12.5 Å². The third-order valence-electron chi connectivity index (χ3n) is 5.71. The van der Waals surface area contributed by atoms with E-state index in [1.165, 1.54) is 5.56 Å². The highest BCUT2D eigenvalue weighted by Gasteiger charge is 2.11. The zero-order valence-electron chi connectivity index (χ0n) is 19.9. The summed E-state index contributed by atoms with van der Waals surface area (Å²) >= 11 is 5.87. The van der Waals surface area contributed by atoms with Gasteiger partial charge < -0.3 is 19.4 Å². The van der Waals surface area contributed by atoms with Gasteiger partial charge in [0.2, 0.25) is 0 Å². The summed E-state index contributed by atoms with van der Waals surface area (Å²) in [4.78, 5) is 17.0. The van der Waals surface area contributed by atoms with Gasteiger partial charge >= 0.3 is 0 Å². The number of ether oxygens (including phenoxy) is 2. The van der Waals surface area contributed by atoms with Crippen LogP contribution in [0.25, 0.3) is 11.0 Å². The standard InChI is InChI=1S/C28H30ClN3O3/c1-2-21-8-12-23(13-9-21)34-19-5-18-32-26-7-4-3-6-25(26)31-27(32)16-17-30-28(33)20-35-24-14-10-22(29)11-15-24/h3-4,6-15H,2,5,16-20H2,1H3,(H,30,33). The summed E-state index contributed by atoms with van der Waals surface area (Å²) in [5, 5.41) is 3.54. The van der Waals surface area contributed by atoms with E-state index in [4.69, 9.17) is 26.1 Å². The van der Waals surface area contributed by atoms with Gasteiger partial charge in [0.05, 0.1) is 17.6 Å². The summed E-state index contributed by atoms with van der Waals surface area (Å²) in [6.07, 6.45) is 2.50. The molecule has 0 aliphatic carbocycles. The highest BCUT2D eigenvalue weighted by atomic mass is 35.5. The minimum atomic E-state index is -0.176. The number of nitrogens with zero attached hydrogens (tertiary/aromatic N) is 2. The van der Waals surface area contributed by atoms with Crippen molar-refractivity contribution in [3.8, 4) is 11.5 Å². The highest BCUT2D eigenvalue weighted by Crippen LogP contribution is 2.18. The van der Waals surface area contributed by atoms with Crippen LogP contribution in [0.4, 0.5) is 0 Å². The molecule has 0 fully saturated rings. The summed E-state index contributed by atoms with van der Waals surface area (Å²) in [6.45, 7) is 3.98. The Bertz CT molecular complexity index is 1240. The van der Waals surface area contributed by atoms with Crippen LogP contribution < -0.4 is 14.8 Å². The Morgan fingerprint density at radius 3 is 2.46 bits per heavy atom. The second-order valence-electron chi connectivity index (χ2n) is 8.21. The first kappa shape index (κ1) is 24.6. The maximum absolute atomic E-state index is 12.2. The first-order valence-corrected chi connectivity index (χ1v) is 12.3. The van der Waals surface area contributed by atoms with Crippen LogP contribution in [0.2, 0.25) is 5.02 Å². The van der Waals surface area contributed by atoms with Crippen molar-refractivity contribution in [2.75, 3.05) is 19.8 Å². The molecule has 0 spiro atoms. The minimum Gasteiger partial charge on any atom is -0.494 e. The average Bonchev–Trinajstić information content (AvgIpc) is 3.24. The number of carbonyl (C=O) groups excluding carboxylic acids is 1. The molecule has 0 radical (unpaired) electrons. The van der Waals surface area contributed by atoms with Crippen molar-refractivity contribution in [2.45, 2.75) is 32.7 Å². The maximum Gasteiger partial charge on any atom is 0.257 e. The SMILES string of the molecule is CCc1ccc(OCCCn2c(CCNC(=O)COc3ccc(Cl)cc3)nc3ccccc32)cc1. The van der Waals surface area contributed by atoms with E-state index in [1.54, 1.807) is 24.3 Å². The molecule has 35 heavy (non-hydrogen) atoms. The van der Waals surface area contributed by atoms with E-state index >= 15 is 0 Å². The normalized spacial score (nSPS) is 10.9. The fourth-order valence-electron chi connectivity index (χ4n) is 3.84. The van der Waals surface area contributed by atoms with Crippen LogP contribution in [-0.2, 0) is 24.2 Å². The molecule has 0 unspecified atom stereocenters. The minimum absolute atomic E-state index is 0.0470. The molecule has 0 atom stereocenters. The van der Waals surface area contributed by atoms with Gasteiger partial charge in [0.1, 0.15) is 17.3 Å². The molecule has 7 heteroatoms. The van der Waals surface area contributed by atoms with Gasteiger partial charge in [0, 0.05) is 24.5 Å². The van der Waals surface area contributed by atoms with Gasteiger partial charge in [-0.25, -0.2) is 4.98 Å². The van der Waals surface area contributed by atoms with Gasteiger partial charge in [-0.2, -0.15) is 0 Å². The van der Waals surface area contributed by atoms with E-state index in [9.17, 15) is 4.79 Å². The number of carbonyl (C=O) groups is 1. The largest absolute Gasteiger partial charge is 0.494 e.